The summed E-state index contributed by atoms with van der Waals surface area (Å²) in [7, 11) is 1.15. The van der Waals surface area contributed by atoms with Crippen molar-refractivity contribution in [1.29, 1.82) is 0 Å². The van der Waals surface area contributed by atoms with Crippen molar-refractivity contribution in [2.24, 2.45) is 0 Å². The minimum atomic E-state index is -4.53. The smallest absolute Gasteiger partial charge is 0.416 e. The molecule has 0 radical (unpaired) electrons. The Balaban J connectivity index is 2.97. The normalized spacial score (nSPS) is 13.0. The number of carbonyl (C=O) groups excluding carboxylic acids is 1. The monoisotopic (exact) mass is 282 g/mol. The fraction of sp³-hybridized carbons (Fsp3) is 0.364. The summed E-state index contributed by atoms with van der Waals surface area (Å²) in [5.74, 6) is -0.837. The molecule has 0 aliphatic heterocycles. The number of halogens is 4. The number of ether oxygens (including phenoxy) is 2. The highest BCUT2D eigenvalue weighted by Crippen LogP contribution is 2.34. The van der Waals surface area contributed by atoms with Gasteiger partial charge >= 0.3 is 12.1 Å². The molecule has 3 nitrogen and oxygen atoms in total. The molecule has 0 aliphatic carbocycles. The van der Waals surface area contributed by atoms with Gasteiger partial charge < -0.3 is 9.47 Å². The minimum absolute atomic E-state index is 0.128. The van der Waals surface area contributed by atoms with Crippen LogP contribution in [0.1, 0.15) is 12.5 Å². The molecule has 0 fully saturated rings. The maximum Gasteiger partial charge on any atom is 0.416 e. The van der Waals surface area contributed by atoms with E-state index >= 15 is 0 Å². The van der Waals surface area contributed by atoms with Crippen molar-refractivity contribution in [3.8, 4) is 5.75 Å². The molecular formula is C11H10ClF3O3. The Bertz CT molecular complexity index is 446. The van der Waals surface area contributed by atoms with Gasteiger partial charge in [0.2, 0.25) is 0 Å². The van der Waals surface area contributed by atoms with Gasteiger partial charge in [0.15, 0.2) is 6.10 Å². The molecule has 18 heavy (non-hydrogen) atoms. The van der Waals surface area contributed by atoms with Crippen molar-refractivity contribution >= 4 is 17.6 Å². The number of rotatable bonds is 3. The molecular weight excluding hydrogens is 273 g/mol. The second-order valence-corrected chi connectivity index (χ2v) is 3.89. The number of esters is 1. The third kappa shape index (κ3) is 3.80. The zero-order valence-corrected chi connectivity index (χ0v) is 10.3. The Labute approximate surface area is 106 Å². The van der Waals surface area contributed by atoms with Gasteiger partial charge in [-0.2, -0.15) is 13.2 Å². The molecule has 0 amide bonds. The number of carbonyl (C=O) groups is 1. The van der Waals surface area contributed by atoms with E-state index in [-0.39, 0.29) is 10.8 Å². The summed E-state index contributed by atoms with van der Waals surface area (Å²) in [4.78, 5) is 11.1. The fourth-order valence-corrected chi connectivity index (χ4v) is 1.44. The number of benzene rings is 1. The second kappa shape index (κ2) is 5.48. The van der Waals surface area contributed by atoms with Gasteiger partial charge in [-0.05, 0) is 25.1 Å². The summed E-state index contributed by atoms with van der Waals surface area (Å²) in [6.45, 7) is 1.36. The SMILES string of the molecule is COC(=O)C(C)Oc1cc(Cl)cc(C(F)(F)F)c1. The average Bonchev–Trinajstić information content (AvgIpc) is 2.25. The molecule has 1 aromatic carbocycles. The van der Waals surface area contributed by atoms with Gasteiger partial charge in [0, 0.05) is 5.02 Å². The fourth-order valence-electron chi connectivity index (χ4n) is 1.21. The molecule has 0 aromatic heterocycles. The van der Waals surface area contributed by atoms with Crippen molar-refractivity contribution in [2.45, 2.75) is 19.2 Å². The third-order valence-corrected chi connectivity index (χ3v) is 2.26. The van der Waals surface area contributed by atoms with Crippen LogP contribution < -0.4 is 4.74 Å². The zero-order chi connectivity index (χ0) is 13.9. The van der Waals surface area contributed by atoms with Crippen LogP contribution in [0.25, 0.3) is 0 Å². The topological polar surface area (TPSA) is 35.5 Å². The van der Waals surface area contributed by atoms with E-state index in [1.807, 2.05) is 0 Å². The molecule has 0 saturated heterocycles. The van der Waals surface area contributed by atoms with Gasteiger partial charge in [-0.3, -0.25) is 0 Å². The minimum Gasteiger partial charge on any atom is -0.479 e. The maximum atomic E-state index is 12.5. The van der Waals surface area contributed by atoms with Crippen LogP contribution in [-0.4, -0.2) is 19.2 Å². The summed E-state index contributed by atoms with van der Waals surface area (Å²) >= 11 is 5.56. The predicted octanol–water partition coefficient (Wildman–Crippen LogP) is 3.30. The molecule has 0 heterocycles. The van der Waals surface area contributed by atoms with Crippen LogP contribution in [0.3, 0.4) is 0 Å². The van der Waals surface area contributed by atoms with Gasteiger partial charge in [-0.15, -0.1) is 0 Å². The first-order valence-corrected chi connectivity index (χ1v) is 5.24. The van der Waals surface area contributed by atoms with E-state index in [1.54, 1.807) is 0 Å². The van der Waals surface area contributed by atoms with Crippen molar-refractivity contribution in [3.63, 3.8) is 0 Å². The highest BCUT2D eigenvalue weighted by atomic mass is 35.5. The van der Waals surface area contributed by atoms with Gasteiger partial charge in [-0.1, -0.05) is 11.6 Å². The Morgan fingerprint density at radius 1 is 1.33 bits per heavy atom. The van der Waals surface area contributed by atoms with Gasteiger partial charge in [0.05, 0.1) is 12.7 Å². The lowest BCUT2D eigenvalue weighted by Gasteiger charge is -2.14. The molecule has 0 saturated carbocycles. The molecule has 1 atom stereocenters. The second-order valence-electron chi connectivity index (χ2n) is 3.46. The molecule has 0 N–H and O–H groups in total. The third-order valence-electron chi connectivity index (χ3n) is 2.04. The average molecular weight is 283 g/mol. The number of hydrogen-bond donors (Lipinski definition) is 0. The van der Waals surface area contributed by atoms with Crippen molar-refractivity contribution in [3.05, 3.63) is 28.8 Å². The van der Waals surface area contributed by atoms with E-state index in [1.165, 1.54) is 13.0 Å². The first-order valence-electron chi connectivity index (χ1n) is 4.86. The van der Waals surface area contributed by atoms with E-state index in [4.69, 9.17) is 16.3 Å². The van der Waals surface area contributed by atoms with Crippen LogP contribution >= 0.6 is 11.6 Å². The van der Waals surface area contributed by atoms with Crippen LogP contribution in [-0.2, 0) is 15.7 Å². The Morgan fingerprint density at radius 2 is 1.94 bits per heavy atom. The van der Waals surface area contributed by atoms with Gasteiger partial charge in [0.25, 0.3) is 0 Å². The predicted molar refractivity (Wildman–Crippen MR) is 58.6 cm³/mol. The summed E-state index contributed by atoms with van der Waals surface area (Å²) < 4.78 is 46.9. The van der Waals surface area contributed by atoms with E-state index < -0.39 is 23.8 Å². The highest BCUT2D eigenvalue weighted by molar-refractivity contribution is 6.30. The molecule has 0 aliphatic rings. The summed E-state index contributed by atoms with van der Waals surface area (Å²) in [6, 6.07) is 2.73. The van der Waals surface area contributed by atoms with E-state index in [2.05, 4.69) is 4.74 Å². The molecule has 7 heteroatoms. The lowest BCUT2D eigenvalue weighted by molar-refractivity contribution is -0.147. The first-order chi connectivity index (χ1) is 8.24. The molecule has 0 bridgehead atoms. The largest absolute Gasteiger partial charge is 0.479 e. The molecule has 1 rings (SSSR count). The summed E-state index contributed by atoms with van der Waals surface area (Å²) in [5, 5.41) is -0.128. The molecule has 0 spiro atoms. The van der Waals surface area contributed by atoms with Crippen LogP contribution in [0.2, 0.25) is 5.02 Å². The van der Waals surface area contributed by atoms with Gasteiger partial charge in [0.1, 0.15) is 5.75 Å². The first kappa shape index (κ1) is 14.6. The van der Waals surface area contributed by atoms with E-state index in [0.717, 1.165) is 19.2 Å². The molecule has 1 aromatic rings. The van der Waals surface area contributed by atoms with Crippen LogP contribution in [0.5, 0.6) is 5.75 Å². The molecule has 1 unspecified atom stereocenters. The van der Waals surface area contributed by atoms with E-state index in [9.17, 15) is 18.0 Å². The number of hydrogen-bond acceptors (Lipinski definition) is 3. The zero-order valence-electron chi connectivity index (χ0n) is 9.55. The van der Waals surface area contributed by atoms with Crippen molar-refractivity contribution < 1.29 is 27.4 Å². The standard InChI is InChI=1S/C11H10ClF3O3/c1-6(10(16)17-2)18-9-4-7(11(13,14)15)3-8(12)5-9/h3-6H,1-2H3. The van der Waals surface area contributed by atoms with Gasteiger partial charge in [-0.25, -0.2) is 4.79 Å². The summed E-state index contributed by atoms with van der Waals surface area (Å²) in [5.41, 5.74) is -0.943. The molecule has 100 valence electrons. The van der Waals surface area contributed by atoms with Crippen LogP contribution in [0.4, 0.5) is 13.2 Å². The van der Waals surface area contributed by atoms with Crippen molar-refractivity contribution in [1.82, 2.24) is 0 Å². The van der Waals surface area contributed by atoms with E-state index in [0.29, 0.717) is 0 Å². The van der Waals surface area contributed by atoms with Crippen LogP contribution in [0, 0.1) is 0 Å². The Hall–Kier alpha value is -1.43. The quantitative estimate of drug-likeness (QED) is 0.798. The summed E-state index contributed by atoms with van der Waals surface area (Å²) in [6.07, 6.45) is -5.55. The van der Waals surface area contributed by atoms with Crippen LogP contribution in [0.15, 0.2) is 18.2 Å². The Morgan fingerprint density at radius 3 is 2.44 bits per heavy atom. The number of alkyl halides is 3. The lowest BCUT2D eigenvalue weighted by Crippen LogP contribution is -2.25. The maximum absolute atomic E-state index is 12.5. The van der Waals surface area contributed by atoms with Crippen molar-refractivity contribution in [2.75, 3.05) is 7.11 Å². The lowest BCUT2D eigenvalue weighted by atomic mass is 10.2. The number of methoxy groups -OCH3 is 1. The highest BCUT2D eigenvalue weighted by Gasteiger charge is 2.31. The Kier molecular flexibility index (Phi) is 4.45.